The van der Waals surface area contributed by atoms with Gasteiger partial charge in [-0.15, -0.1) is 0 Å². The molecule has 0 amide bonds. The van der Waals surface area contributed by atoms with Crippen molar-refractivity contribution in [1.29, 1.82) is 0 Å². The number of hydrogen-bond acceptors (Lipinski definition) is 2. The van der Waals surface area contributed by atoms with Crippen LogP contribution in [0.3, 0.4) is 0 Å². The fourth-order valence-electron chi connectivity index (χ4n) is 2.31. The zero-order valence-corrected chi connectivity index (χ0v) is 10.4. The van der Waals surface area contributed by atoms with Crippen molar-refractivity contribution in [2.75, 3.05) is 0 Å². The van der Waals surface area contributed by atoms with Crippen molar-refractivity contribution in [3.8, 4) is 0 Å². The highest BCUT2D eigenvalue weighted by atomic mass is 35.5. The molecule has 0 N–H and O–H groups in total. The number of halogens is 1. The number of hydrogen-bond donors (Lipinski definition) is 0. The molecule has 0 aliphatic heterocycles. The SMILES string of the molecule is Cc1cc(Cl)c2c(c1)C(=O)c1ccccc1C2=O. The number of benzene rings is 2. The molecule has 0 unspecified atom stereocenters. The molecule has 2 aromatic carbocycles. The van der Waals surface area contributed by atoms with E-state index in [4.69, 9.17) is 11.6 Å². The van der Waals surface area contributed by atoms with Crippen LogP contribution in [-0.4, -0.2) is 11.6 Å². The van der Waals surface area contributed by atoms with Crippen LogP contribution in [-0.2, 0) is 0 Å². The van der Waals surface area contributed by atoms with Gasteiger partial charge in [0.2, 0.25) is 0 Å². The monoisotopic (exact) mass is 256 g/mol. The number of ketones is 2. The minimum Gasteiger partial charge on any atom is -0.289 e. The van der Waals surface area contributed by atoms with E-state index in [-0.39, 0.29) is 11.6 Å². The molecule has 3 rings (SSSR count). The van der Waals surface area contributed by atoms with Crippen LogP contribution in [0.4, 0.5) is 0 Å². The molecule has 0 bridgehead atoms. The molecule has 0 radical (unpaired) electrons. The Morgan fingerprint density at radius 2 is 1.50 bits per heavy atom. The van der Waals surface area contributed by atoms with Gasteiger partial charge in [-0.2, -0.15) is 0 Å². The molecule has 0 atom stereocenters. The summed E-state index contributed by atoms with van der Waals surface area (Å²) in [5.74, 6) is -0.309. The average Bonchev–Trinajstić information content (AvgIpc) is 2.35. The average molecular weight is 257 g/mol. The van der Waals surface area contributed by atoms with E-state index < -0.39 is 0 Å². The van der Waals surface area contributed by atoms with Gasteiger partial charge in [0, 0.05) is 16.7 Å². The smallest absolute Gasteiger partial charge is 0.196 e. The largest absolute Gasteiger partial charge is 0.289 e. The Balaban J connectivity index is 2.37. The van der Waals surface area contributed by atoms with Gasteiger partial charge in [-0.05, 0) is 24.6 Å². The summed E-state index contributed by atoms with van der Waals surface area (Å²) in [7, 11) is 0. The van der Waals surface area contributed by atoms with Gasteiger partial charge < -0.3 is 0 Å². The lowest BCUT2D eigenvalue weighted by Crippen LogP contribution is -2.21. The van der Waals surface area contributed by atoms with Crippen LogP contribution in [0, 0.1) is 6.92 Å². The van der Waals surface area contributed by atoms with Gasteiger partial charge in [-0.1, -0.05) is 35.9 Å². The molecule has 0 saturated heterocycles. The van der Waals surface area contributed by atoms with Crippen molar-refractivity contribution in [2.24, 2.45) is 0 Å². The molecule has 2 aromatic rings. The molecule has 0 spiro atoms. The number of carbonyl (C=O) groups is 2. The van der Waals surface area contributed by atoms with Gasteiger partial charge in [0.1, 0.15) is 0 Å². The highest BCUT2D eigenvalue weighted by molar-refractivity contribution is 6.39. The summed E-state index contributed by atoms with van der Waals surface area (Å²) in [5, 5.41) is 0.345. The Kier molecular flexibility index (Phi) is 2.35. The summed E-state index contributed by atoms with van der Waals surface area (Å²) in [4.78, 5) is 24.7. The van der Waals surface area contributed by atoms with Gasteiger partial charge in [0.15, 0.2) is 11.6 Å². The lowest BCUT2D eigenvalue weighted by atomic mass is 9.83. The Bertz CT molecular complexity index is 702. The van der Waals surface area contributed by atoms with Crippen molar-refractivity contribution in [3.05, 3.63) is 69.2 Å². The number of fused-ring (bicyclic) bond motifs is 2. The standard InChI is InChI=1S/C15H9ClO2/c1-8-6-11-13(12(16)7-8)15(18)10-5-3-2-4-9(10)14(11)17/h2-7H,1H3. The van der Waals surface area contributed by atoms with E-state index >= 15 is 0 Å². The predicted molar refractivity (Wildman–Crippen MR) is 69.5 cm³/mol. The van der Waals surface area contributed by atoms with E-state index in [0.717, 1.165) is 5.56 Å². The van der Waals surface area contributed by atoms with Crippen LogP contribution in [0.1, 0.15) is 37.4 Å². The number of carbonyl (C=O) groups excluding carboxylic acids is 2. The lowest BCUT2D eigenvalue weighted by molar-refractivity contribution is 0.0979. The van der Waals surface area contributed by atoms with Crippen LogP contribution in [0.15, 0.2) is 36.4 Å². The predicted octanol–water partition coefficient (Wildman–Crippen LogP) is 3.42. The normalized spacial score (nSPS) is 13.2. The van der Waals surface area contributed by atoms with Crippen LogP contribution >= 0.6 is 11.6 Å². The summed E-state index contributed by atoms with van der Waals surface area (Å²) in [5.41, 5.74) is 2.49. The molecule has 1 aliphatic carbocycles. The number of aryl methyl sites for hydroxylation is 1. The topological polar surface area (TPSA) is 34.1 Å². The second-order valence-corrected chi connectivity index (χ2v) is 4.78. The first-order valence-electron chi connectivity index (χ1n) is 5.58. The zero-order valence-electron chi connectivity index (χ0n) is 9.66. The van der Waals surface area contributed by atoms with E-state index in [0.29, 0.717) is 27.3 Å². The van der Waals surface area contributed by atoms with Crippen LogP contribution in [0.5, 0.6) is 0 Å². The van der Waals surface area contributed by atoms with Gasteiger partial charge in [-0.25, -0.2) is 0 Å². The van der Waals surface area contributed by atoms with Crippen molar-refractivity contribution in [3.63, 3.8) is 0 Å². The molecule has 88 valence electrons. The first-order valence-corrected chi connectivity index (χ1v) is 5.96. The van der Waals surface area contributed by atoms with Gasteiger partial charge in [0.25, 0.3) is 0 Å². The quantitative estimate of drug-likeness (QED) is 0.618. The maximum absolute atomic E-state index is 12.3. The molecule has 0 saturated carbocycles. The highest BCUT2D eigenvalue weighted by Gasteiger charge is 2.31. The second kappa shape index (κ2) is 3.79. The maximum atomic E-state index is 12.3. The summed E-state index contributed by atoms with van der Waals surface area (Å²) in [6.45, 7) is 1.85. The van der Waals surface area contributed by atoms with E-state index in [1.807, 2.05) is 6.92 Å². The molecule has 1 aliphatic rings. The summed E-state index contributed by atoms with van der Waals surface area (Å²) in [6.07, 6.45) is 0. The van der Waals surface area contributed by atoms with Crippen LogP contribution < -0.4 is 0 Å². The molecule has 2 nitrogen and oxygen atoms in total. The van der Waals surface area contributed by atoms with Crippen LogP contribution in [0.25, 0.3) is 0 Å². The van der Waals surface area contributed by atoms with Crippen molar-refractivity contribution >= 4 is 23.2 Å². The maximum Gasteiger partial charge on any atom is 0.196 e. The number of rotatable bonds is 0. The minimum absolute atomic E-state index is 0.134. The summed E-state index contributed by atoms with van der Waals surface area (Å²) < 4.78 is 0. The Morgan fingerprint density at radius 3 is 2.17 bits per heavy atom. The fourth-order valence-corrected chi connectivity index (χ4v) is 2.67. The summed E-state index contributed by atoms with van der Waals surface area (Å²) >= 11 is 6.10. The molecular formula is C15H9ClO2. The third-order valence-electron chi connectivity index (χ3n) is 3.12. The third-order valence-corrected chi connectivity index (χ3v) is 3.42. The lowest BCUT2D eigenvalue weighted by Gasteiger charge is -2.18. The molecule has 3 heteroatoms. The third kappa shape index (κ3) is 1.42. The Labute approximate surface area is 109 Å². The molecule has 0 aromatic heterocycles. The minimum atomic E-state index is -0.176. The van der Waals surface area contributed by atoms with Crippen molar-refractivity contribution < 1.29 is 9.59 Å². The molecular weight excluding hydrogens is 248 g/mol. The molecule has 0 fully saturated rings. The van der Waals surface area contributed by atoms with Crippen molar-refractivity contribution in [1.82, 2.24) is 0 Å². The summed E-state index contributed by atoms with van der Waals surface area (Å²) in [6, 6.07) is 10.3. The Hall–Kier alpha value is -1.93. The molecule has 0 heterocycles. The zero-order chi connectivity index (χ0) is 12.9. The van der Waals surface area contributed by atoms with Gasteiger partial charge in [-0.3, -0.25) is 9.59 Å². The van der Waals surface area contributed by atoms with Crippen molar-refractivity contribution in [2.45, 2.75) is 6.92 Å². The van der Waals surface area contributed by atoms with Gasteiger partial charge >= 0.3 is 0 Å². The Morgan fingerprint density at radius 1 is 0.889 bits per heavy atom. The fraction of sp³-hybridized carbons (Fsp3) is 0.0667. The van der Waals surface area contributed by atoms with E-state index in [1.54, 1.807) is 36.4 Å². The second-order valence-electron chi connectivity index (χ2n) is 4.37. The van der Waals surface area contributed by atoms with Crippen LogP contribution in [0.2, 0.25) is 5.02 Å². The van der Waals surface area contributed by atoms with Gasteiger partial charge in [0.05, 0.1) is 10.6 Å². The first-order chi connectivity index (χ1) is 8.59. The van der Waals surface area contributed by atoms with E-state index in [9.17, 15) is 9.59 Å². The highest BCUT2D eigenvalue weighted by Crippen LogP contribution is 2.32. The van der Waals surface area contributed by atoms with E-state index in [1.165, 1.54) is 0 Å². The van der Waals surface area contributed by atoms with E-state index in [2.05, 4.69) is 0 Å². The molecule has 18 heavy (non-hydrogen) atoms. The first kappa shape index (κ1) is 11.2.